The number of nitrogens with zero attached hydrogens (tertiary/aromatic N) is 3. The lowest BCUT2D eigenvalue weighted by Gasteiger charge is -2.36. The molecule has 0 N–H and O–H groups in total. The lowest BCUT2D eigenvalue weighted by atomic mass is 9.92. The van der Waals surface area contributed by atoms with E-state index in [9.17, 15) is 8.42 Å². The summed E-state index contributed by atoms with van der Waals surface area (Å²) in [7, 11) is -3.47. The maximum atomic E-state index is 13.0. The van der Waals surface area contributed by atoms with Crippen molar-refractivity contribution in [2.75, 3.05) is 13.1 Å². The third-order valence-electron chi connectivity index (χ3n) is 5.84. The molecule has 7 heteroatoms. The van der Waals surface area contributed by atoms with Gasteiger partial charge in [-0.1, -0.05) is 41.6 Å². The van der Waals surface area contributed by atoms with Crippen LogP contribution in [0.3, 0.4) is 0 Å². The van der Waals surface area contributed by atoms with Gasteiger partial charge in [-0.15, -0.1) is 0 Å². The molecule has 3 aromatic rings. The average molecular weight is 410 g/mol. The molecular weight excluding hydrogens is 386 g/mol. The molecular formula is C22H23N3O3S. The molecule has 1 fully saturated rings. The zero-order chi connectivity index (χ0) is 19.8. The Morgan fingerprint density at radius 2 is 1.76 bits per heavy atom. The maximum absolute atomic E-state index is 13.0. The largest absolute Gasteiger partial charge is 0.339 e. The Labute approximate surface area is 170 Å². The van der Waals surface area contributed by atoms with Crippen molar-refractivity contribution in [1.29, 1.82) is 0 Å². The normalized spacial score (nSPS) is 17.7. The minimum atomic E-state index is -3.47. The quantitative estimate of drug-likeness (QED) is 0.646. The Balaban J connectivity index is 1.26. The predicted molar refractivity (Wildman–Crippen MR) is 108 cm³/mol. The molecule has 2 aliphatic rings. The molecule has 29 heavy (non-hydrogen) atoms. The molecule has 2 heterocycles. The number of sulfonamides is 1. The van der Waals surface area contributed by atoms with E-state index in [1.165, 1.54) is 21.9 Å². The van der Waals surface area contributed by atoms with E-state index >= 15 is 0 Å². The first-order valence-electron chi connectivity index (χ1n) is 10.1. The van der Waals surface area contributed by atoms with Gasteiger partial charge in [-0.25, -0.2) is 8.42 Å². The molecule has 2 aromatic carbocycles. The van der Waals surface area contributed by atoms with Crippen LogP contribution in [0.4, 0.5) is 0 Å². The topological polar surface area (TPSA) is 76.3 Å². The highest BCUT2D eigenvalue weighted by molar-refractivity contribution is 7.89. The number of fused-ring (bicyclic) bond motifs is 1. The van der Waals surface area contributed by atoms with Gasteiger partial charge < -0.3 is 4.52 Å². The first-order valence-corrected chi connectivity index (χ1v) is 11.5. The molecule has 150 valence electrons. The minimum absolute atomic E-state index is 0.0422. The zero-order valence-electron chi connectivity index (χ0n) is 16.1. The zero-order valence-corrected chi connectivity index (χ0v) is 16.9. The van der Waals surface area contributed by atoms with Gasteiger partial charge in [-0.05, 0) is 54.5 Å². The molecule has 5 rings (SSSR count). The summed E-state index contributed by atoms with van der Waals surface area (Å²) in [6.45, 7) is 0.763. The summed E-state index contributed by atoms with van der Waals surface area (Å²) in [5.41, 5.74) is 3.58. The fourth-order valence-corrected chi connectivity index (χ4v) is 5.68. The summed E-state index contributed by atoms with van der Waals surface area (Å²) >= 11 is 0. The summed E-state index contributed by atoms with van der Waals surface area (Å²) in [4.78, 5) is 4.87. The van der Waals surface area contributed by atoms with E-state index in [1.54, 1.807) is 6.07 Å². The molecule has 0 unspecified atom stereocenters. The molecule has 1 aliphatic heterocycles. The summed E-state index contributed by atoms with van der Waals surface area (Å²) in [5.74, 6) is 1.11. The van der Waals surface area contributed by atoms with E-state index in [0.717, 1.165) is 24.8 Å². The van der Waals surface area contributed by atoms with Crippen LogP contribution in [0.5, 0.6) is 0 Å². The summed E-state index contributed by atoms with van der Waals surface area (Å²) in [6.07, 6.45) is 4.93. The van der Waals surface area contributed by atoms with Gasteiger partial charge in [0.25, 0.3) is 0 Å². The van der Waals surface area contributed by atoms with Crippen LogP contribution in [0.25, 0.3) is 0 Å². The molecule has 1 aliphatic carbocycles. The number of benzene rings is 2. The van der Waals surface area contributed by atoms with Crippen LogP contribution in [0, 0.1) is 0 Å². The van der Waals surface area contributed by atoms with Gasteiger partial charge in [0.1, 0.15) is 0 Å². The number of aromatic nitrogens is 2. The lowest BCUT2D eigenvalue weighted by molar-refractivity contribution is 0.216. The van der Waals surface area contributed by atoms with Gasteiger partial charge in [0, 0.05) is 19.5 Å². The first-order chi connectivity index (χ1) is 14.1. The third kappa shape index (κ3) is 3.60. The van der Waals surface area contributed by atoms with Crippen LogP contribution in [0.15, 0.2) is 57.9 Å². The predicted octanol–water partition coefficient (Wildman–Crippen LogP) is 3.33. The van der Waals surface area contributed by atoms with Gasteiger partial charge >= 0.3 is 0 Å². The van der Waals surface area contributed by atoms with Crippen molar-refractivity contribution in [3.63, 3.8) is 0 Å². The fraction of sp³-hybridized carbons (Fsp3) is 0.364. The van der Waals surface area contributed by atoms with Crippen LogP contribution in [0.2, 0.25) is 0 Å². The molecule has 0 atom stereocenters. The molecule has 0 spiro atoms. The molecule has 0 amide bonds. The van der Waals surface area contributed by atoms with E-state index < -0.39 is 10.0 Å². The lowest BCUT2D eigenvalue weighted by Crippen LogP contribution is -2.48. The van der Waals surface area contributed by atoms with Gasteiger partial charge in [-0.3, -0.25) is 0 Å². The van der Waals surface area contributed by atoms with E-state index in [-0.39, 0.29) is 5.92 Å². The van der Waals surface area contributed by atoms with Crippen molar-refractivity contribution >= 4 is 10.0 Å². The van der Waals surface area contributed by atoms with Crippen LogP contribution >= 0.6 is 0 Å². The average Bonchev–Trinajstić information content (AvgIpc) is 3.15. The summed E-state index contributed by atoms with van der Waals surface area (Å²) < 4.78 is 32.9. The van der Waals surface area contributed by atoms with Gasteiger partial charge in [-0.2, -0.15) is 9.29 Å². The van der Waals surface area contributed by atoms with Crippen molar-refractivity contribution in [3.05, 3.63) is 76.9 Å². The second-order valence-corrected chi connectivity index (χ2v) is 9.81. The Kier molecular flexibility index (Phi) is 4.72. The van der Waals surface area contributed by atoms with Crippen LogP contribution < -0.4 is 0 Å². The molecule has 0 saturated carbocycles. The molecule has 1 aromatic heterocycles. The number of rotatable bonds is 5. The van der Waals surface area contributed by atoms with Crippen LogP contribution in [0.1, 0.15) is 47.2 Å². The standard InChI is InChI=1S/C22H23N3O3S/c26-29(27,20-11-10-17-8-4-5-9-18(17)13-20)25-14-19(15-25)22-23-21(24-28-22)12-16-6-2-1-3-7-16/h1-3,6-7,10-11,13,19H,4-5,8-9,12,14-15H2. The first kappa shape index (κ1) is 18.5. The van der Waals surface area contributed by atoms with Gasteiger partial charge in [0.05, 0.1) is 10.8 Å². The highest BCUT2D eigenvalue weighted by atomic mass is 32.2. The molecule has 0 bridgehead atoms. The second kappa shape index (κ2) is 7.39. The van der Waals surface area contributed by atoms with Gasteiger partial charge in [0.15, 0.2) is 5.82 Å². The minimum Gasteiger partial charge on any atom is -0.339 e. The van der Waals surface area contributed by atoms with E-state index in [4.69, 9.17) is 4.52 Å². The SMILES string of the molecule is O=S(=O)(c1ccc2c(c1)CCCC2)N1CC(c2nc(Cc3ccccc3)no2)C1. The van der Waals surface area contributed by atoms with Crippen molar-refractivity contribution in [2.24, 2.45) is 0 Å². The van der Waals surface area contributed by atoms with Crippen molar-refractivity contribution in [3.8, 4) is 0 Å². The number of hydrogen-bond acceptors (Lipinski definition) is 5. The third-order valence-corrected chi connectivity index (χ3v) is 7.67. The van der Waals surface area contributed by atoms with Crippen LogP contribution in [-0.2, 0) is 29.3 Å². The molecule has 0 radical (unpaired) electrons. The Morgan fingerprint density at radius 1 is 1.00 bits per heavy atom. The van der Waals surface area contributed by atoms with Crippen molar-refractivity contribution in [2.45, 2.75) is 42.9 Å². The van der Waals surface area contributed by atoms with E-state index in [2.05, 4.69) is 10.1 Å². The molecule has 1 saturated heterocycles. The fourth-order valence-electron chi connectivity index (χ4n) is 4.09. The van der Waals surface area contributed by atoms with Crippen molar-refractivity contribution in [1.82, 2.24) is 14.4 Å². The summed E-state index contributed by atoms with van der Waals surface area (Å²) in [5, 5.41) is 4.05. The summed E-state index contributed by atoms with van der Waals surface area (Å²) in [6, 6.07) is 15.6. The van der Waals surface area contributed by atoms with E-state index in [0.29, 0.717) is 36.1 Å². The molecule has 6 nitrogen and oxygen atoms in total. The van der Waals surface area contributed by atoms with Gasteiger partial charge in [0.2, 0.25) is 15.9 Å². The smallest absolute Gasteiger partial charge is 0.243 e. The highest BCUT2D eigenvalue weighted by Crippen LogP contribution is 2.33. The number of hydrogen-bond donors (Lipinski definition) is 0. The second-order valence-electron chi connectivity index (χ2n) is 7.87. The van der Waals surface area contributed by atoms with E-state index in [1.807, 2.05) is 42.5 Å². The number of aryl methyl sites for hydroxylation is 2. The Bertz CT molecular complexity index is 1120. The maximum Gasteiger partial charge on any atom is 0.243 e. The highest BCUT2D eigenvalue weighted by Gasteiger charge is 2.40. The van der Waals surface area contributed by atoms with Crippen LogP contribution in [-0.4, -0.2) is 36.0 Å². The Hall–Kier alpha value is -2.51. The monoisotopic (exact) mass is 409 g/mol. The van der Waals surface area contributed by atoms with Crippen molar-refractivity contribution < 1.29 is 12.9 Å². The Morgan fingerprint density at radius 3 is 2.55 bits per heavy atom.